The number of fused-ring (bicyclic) bond motifs is 1. The van der Waals surface area contributed by atoms with Crippen LogP contribution >= 0.6 is 23.1 Å². The molecule has 0 aliphatic carbocycles. The number of carbonyl (C=O) groups excluding carboxylic acids is 1. The number of amides is 1. The molecule has 2 aromatic heterocycles. The third-order valence-electron chi connectivity index (χ3n) is 3.03. The van der Waals surface area contributed by atoms with E-state index in [1.807, 2.05) is 18.4 Å². The van der Waals surface area contributed by atoms with Gasteiger partial charge in [-0.1, -0.05) is 25.1 Å². The van der Waals surface area contributed by atoms with E-state index in [4.69, 9.17) is 0 Å². The second kappa shape index (κ2) is 7.61. The third kappa shape index (κ3) is 3.85. The lowest BCUT2D eigenvalue weighted by Gasteiger charge is -2.09. The molecule has 2 heterocycles. The zero-order valence-electron chi connectivity index (χ0n) is 12.2. The second-order valence-corrected chi connectivity index (χ2v) is 6.43. The largest absolute Gasteiger partial charge is 0.355 e. The number of thiophene rings is 1. The predicted octanol–water partition coefficient (Wildman–Crippen LogP) is 2.49. The summed E-state index contributed by atoms with van der Waals surface area (Å²) >= 11 is 2.72. The molecule has 0 unspecified atom stereocenters. The molecule has 0 radical (unpaired) electrons. The highest BCUT2D eigenvalue weighted by atomic mass is 32.2. The minimum Gasteiger partial charge on any atom is -0.355 e. The van der Waals surface area contributed by atoms with Crippen LogP contribution in [0.3, 0.4) is 0 Å². The van der Waals surface area contributed by atoms with Crippen LogP contribution in [-0.4, -0.2) is 27.8 Å². The zero-order valence-corrected chi connectivity index (χ0v) is 13.9. The van der Waals surface area contributed by atoms with E-state index in [0.717, 1.165) is 12.8 Å². The Morgan fingerprint density at radius 3 is 3.00 bits per heavy atom. The van der Waals surface area contributed by atoms with Crippen molar-refractivity contribution in [2.24, 2.45) is 0 Å². The number of thioether (sulfide) groups is 1. The lowest BCUT2D eigenvalue weighted by Crippen LogP contribution is -2.27. The quantitative estimate of drug-likeness (QED) is 0.482. The molecule has 0 bridgehead atoms. The maximum absolute atomic E-state index is 12.3. The van der Waals surface area contributed by atoms with Crippen LogP contribution in [0, 0.1) is 0 Å². The molecule has 0 atom stereocenters. The smallest absolute Gasteiger partial charge is 0.272 e. The normalized spacial score (nSPS) is 11.0. The van der Waals surface area contributed by atoms with E-state index in [9.17, 15) is 9.59 Å². The Balaban J connectivity index is 2.11. The molecule has 1 amide bonds. The minimum atomic E-state index is -0.0219. The average molecular weight is 325 g/mol. The van der Waals surface area contributed by atoms with E-state index in [-0.39, 0.29) is 17.2 Å². The van der Waals surface area contributed by atoms with Crippen LogP contribution in [0.25, 0.3) is 10.2 Å². The maximum Gasteiger partial charge on any atom is 0.272 e. The first-order valence-corrected chi connectivity index (χ1v) is 8.91. The van der Waals surface area contributed by atoms with E-state index in [1.165, 1.54) is 23.1 Å². The van der Waals surface area contributed by atoms with Crippen LogP contribution in [0.1, 0.15) is 26.7 Å². The lowest BCUT2D eigenvalue weighted by molar-refractivity contribution is -0.118. The Hall–Kier alpha value is -1.34. The van der Waals surface area contributed by atoms with Crippen molar-refractivity contribution in [3.8, 4) is 0 Å². The average Bonchev–Trinajstić information content (AvgIpc) is 2.94. The zero-order chi connectivity index (χ0) is 15.2. The molecule has 0 aliphatic heterocycles. The molecule has 2 aromatic rings. The molecule has 5 nitrogen and oxygen atoms in total. The van der Waals surface area contributed by atoms with Crippen LogP contribution in [0.5, 0.6) is 0 Å². The van der Waals surface area contributed by atoms with Gasteiger partial charge in [0.25, 0.3) is 5.56 Å². The highest BCUT2D eigenvalue weighted by Gasteiger charge is 2.12. The van der Waals surface area contributed by atoms with Crippen molar-refractivity contribution in [1.82, 2.24) is 14.9 Å². The van der Waals surface area contributed by atoms with Gasteiger partial charge in [0.1, 0.15) is 4.70 Å². The van der Waals surface area contributed by atoms with Gasteiger partial charge < -0.3 is 5.32 Å². The lowest BCUT2D eigenvalue weighted by atomic mass is 10.3. The van der Waals surface area contributed by atoms with Crippen molar-refractivity contribution in [3.63, 3.8) is 0 Å². The third-order valence-corrected chi connectivity index (χ3v) is 4.90. The van der Waals surface area contributed by atoms with Crippen molar-refractivity contribution in [3.05, 3.63) is 21.8 Å². The molecule has 0 aliphatic rings. The van der Waals surface area contributed by atoms with E-state index < -0.39 is 0 Å². The number of hydrogen-bond donors (Lipinski definition) is 1. The maximum atomic E-state index is 12.3. The van der Waals surface area contributed by atoms with Crippen LogP contribution in [-0.2, 0) is 11.3 Å². The summed E-state index contributed by atoms with van der Waals surface area (Å²) in [7, 11) is 0. The number of hydrogen-bond acceptors (Lipinski definition) is 5. The monoisotopic (exact) mass is 325 g/mol. The molecule has 2 rings (SSSR count). The van der Waals surface area contributed by atoms with Gasteiger partial charge in [-0.2, -0.15) is 0 Å². The van der Waals surface area contributed by atoms with Gasteiger partial charge in [0.15, 0.2) is 5.16 Å². The molecule has 21 heavy (non-hydrogen) atoms. The van der Waals surface area contributed by atoms with Crippen LogP contribution in [0.2, 0.25) is 0 Å². The topological polar surface area (TPSA) is 64.0 Å². The van der Waals surface area contributed by atoms with E-state index in [0.29, 0.717) is 28.5 Å². The van der Waals surface area contributed by atoms with E-state index >= 15 is 0 Å². The molecule has 0 saturated carbocycles. The Labute approximate surface area is 131 Å². The van der Waals surface area contributed by atoms with Crippen molar-refractivity contribution >= 4 is 39.2 Å². The molecular formula is C14H19N3O2S2. The number of rotatable bonds is 7. The van der Waals surface area contributed by atoms with E-state index in [1.54, 1.807) is 4.57 Å². The molecule has 1 N–H and O–H groups in total. The molecule has 0 aromatic carbocycles. The van der Waals surface area contributed by atoms with Gasteiger partial charge in [-0.25, -0.2) is 4.98 Å². The van der Waals surface area contributed by atoms with Crippen LogP contribution < -0.4 is 10.9 Å². The van der Waals surface area contributed by atoms with Crippen molar-refractivity contribution in [2.45, 2.75) is 38.4 Å². The first-order chi connectivity index (χ1) is 10.2. The SMILES string of the molecule is CCCCNC(=O)CSc1nc2ccsc2c(=O)n1CC. The van der Waals surface area contributed by atoms with Crippen LogP contribution in [0.4, 0.5) is 0 Å². The van der Waals surface area contributed by atoms with Gasteiger partial charge in [-0.05, 0) is 24.8 Å². The van der Waals surface area contributed by atoms with Gasteiger partial charge in [-0.15, -0.1) is 11.3 Å². The van der Waals surface area contributed by atoms with Crippen molar-refractivity contribution in [1.29, 1.82) is 0 Å². The van der Waals surface area contributed by atoms with Crippen molar-refractivity contribution < 1.29 is 4.79 Å². The summed E-state index contributed by atoms with van der Waals surface area (Å²) in [5, 5.41) is 5.34. The van der Waals surface area contributed by atoms with Gasteiger partial charge in [-0.3, -0.25) is 14.2 Å². The van der Waals surface area contributed by atoms with Gasteiger partial charge in [0.2, 0.25) is 5.91 Å². The summed E-state index contributed by atoms with van der Waals surface area (Å²) in [5.41, 5.74) is 0.690. The van der Waals surface area contributed by atoms with Gasteiger partial charge >= 0.3 is 0 Å². The Bertz CT molecular complexity index is 678. The molecule has 0 saturated heterocycles. The van der Waals surface area contributed by atoms with E-state index in [2.05, 4.69) is 17.2 Å². The van der Waals surface area contributed by atoms with Gasteiger partial charge in [0.05, 0.1) is 11.3 Å². The Morgan fingerprint density at radius 1 is 1.48 bits per heavy atom. The minimum absolute atomic E-state index is 0.0178. The molecule has 0 fully saturated rings. The summed E-state index contributed by atoms with van der Waals surface area (Å²) in [4.78, 5) is 28.6. The van der Waals surface area contributed by atoms with Crippen LogP contribution in [0.15, 0.2) is 21.4 Å². The number of nitrogens with one attached hydrogen (secondary N) is 1. The standard InChI is InChI=1S/C14H19N3O2S2/c1-3-5-7-15-11(18)9-21-14-16-10-6-8-20-12(10)13(19)17(14)4-2/h6,8H,3-5,7,9H2,1-2H3,(H,15,18). The molecule has 7 heteroatoms. The summed E-state index contributed by atoms with van der Waals surface area (Å²) < 4.78 is 2.30. The Kier molecular flexibility index (Phi) is 5.81. The van der Waals surface area contributed by atoms with Gasteiger partial charge in [0, 0.05) is 13.1 Å². The first-order valence-electron chi connectivity index (χ1n) is 7.04. The first kappa shape index (κ1) is 16.0. The number of carbonyl (C=O) groups is 1. The summed E-state index contributed by atoms with van der Waals surface area (Å²) in [6.45, 7) is 5.25. The highest BCUT2D eigenvalue weighted by Crippen LogP contribution is 2.20. The number of nitrogens with zero attached hydrogens (tertiary/aromatic N) is 2. The second-order valence-electron chi connectivity index (χ2n) is 4.57. The summed E-state index contributed by atoms with van der Waals surface area (Å²) in [6, 6.07) is 1.84. The summed E-state index contributed by atoms with van der Waals surface area (Å²) in [6.07, 6.45) is 2.04. The molecule has 0 spiro atoms. The summed E-state index contributed by atoms with van der Waals surface area (Å²) in [5.74, 6) is 0.266. The van der Waals surface area contributed by atoms with Crippen molar-refractivity contribution in [2.75, 3.05) is 12.3 Å². The molecule has 114 valence electrons. The predicted molar refractivity (Wildman–Crippen MR) is 88.2 cm³/mol. The number of aromatic nitrogens is 2. The highest BCUT2D eigenvalue weighted by molar-refractivity contribution is 7.99. The fraction of sp³-hybridized carbons (Fsp3) is 0.500. The Morgan fingerprint density at radius 2 is 2.29 bits per heavy atom. The fourth-order valence-corrected chi connectivity index (χ4v) is 3.57. The molecular weight excluding hydrogens is 306 g/mol. The fourth-order valence-electron chi connectivity index (χ4n) is 1.90. The number of unbranched alkanes of at least 4 members (excludes halogenated alkanes) is 1.